The highest BCUT2D eigenvalue weighted by molar-refractivity contribution is 9.13. The Labute approximate surface area is 140 Å². The summed E-state index contributed by atoms with van der Waals surface area (Å²) in [6.07, 6.45) is 1.51. The van der Waals surface area contributed by atoms with Crippen molar-refractivity contribution in [3.8, 4) is 0 Å². The minimum Gasteiger partial charge on any atom is -0.304 e. The van der Waals surface area contributed by atoms with E-state index in [9.17, 15) is 4.79 Å². The van der Waals surface area contributed by atoms with Crippen molar-refractivity contribution >= 4 is 86.8 Å². The van der Waals surface area contributed by atoms with Crippen LogP contribution < -0.4 is 5.32 Å². The average Bonchev–Trinajstić information content (AvgIpc) is 2.63. The molecule has 0 saturated heterocycles. The smallest absolute Gasteiger partial charge is 0.267 e. The third-order valence-corrected chi connectivity index (χ3v) is 5.99. The van der Waals surface area contributed by atoms with Crippen molar-refractivity contribution in [2.45, 2.75) is 0 Å². The highest BCUT2D eigenvalue weighted by Crippen LogP contribution is 2.32. The number of anilines is 1. The van der Waals surface area contributed by atoms with Gasteiger partial charge in [0, 0.05) is 4.47 Å². The van der Waals surface area contributed by atoms with E-state index in [0.29, 0.717) is 19.9 Å². The highest BCUT2D eigenvalue weighted by atomic mass is 79.9. The maximum Gasteiger partial charge on any atom is 0.267 e. The molecule has 0 aliphatic rings. The summed E-state index contributed by atoms with van der Waals surface area (Å²) in [6.45, 7) is 0. The number of aromatic nitrogens is 2. The molecule has 0 bridgehead atoms. The number of carbonyl (C=O) groups excluding carboxylic acids is 1. The number of nitrogens with one attached hydrogen (secondary N) is 1. The summed E-state index contributed by atoms with van der Waals surface area (Å²) in [5, 5.41) is 2.68. The van der Waals surface area contributed by atoms with E-state index in [-0.39, 0.29) is 5.91 Å². The van der Waals surface area contributed by atoms with Gasteiger partial charge >= 0.3 is 0 Å². The van der Waals surface area contributed by atoms with E-state index in [1.54, 1.807) is 6.07 Å². The highest BCUT2D eigenvalue weighted by Gasteiger charge is 2.14. The van der Waals surface area contributed by atoms with Crippen LogP contribution >= 0.6 is 75.1 Å². The zero-order valence-electron chi connectivity index (χ0n) is 8.38. The lowest BCUT2D eigenvalue weighted by molar-refractivity contribution is 0.103. The second-order valence-electron chi connectivity index (χ2n) is 3.02. The van der Waals surface area contributed by atoms with Crippen LogP contribution in [0.5, 0.6) is 0 Å². The zero-order valence-corrected chi connectivity index (χ0v) is 15.5. The molecule has 0 spiro atoms. The van der Waals surface area contributed by atoms with Crippen LogP contribution in [0.1, 0.15) is 9.67 Å². The van der Waals surface area contributed by atoms with Crippen molar-refractivity contribution in [1.29, 1.82) is 0 Å². The van der Waals surface area contributed by atoms with Gasteiger partial charge in [0.05, 0.1) is 14.9 Å². The lowest BCUT2D eigenvalue weighted by atomic mass is 10.4. The lowest BCUT2D eigenvalue weighted by Crippen LogP contribution is -2.12. The van der Waals surface area contributed by atoms with Gasteiger partial charge in [-0.05, 0) is 69.8 Å². The quantitative estimate of drug-likeness (QED) is 0.617. The van der Waals surface area contributed by atoms with E-state index in [4.69, 9.17) is 0 Å². The first-order chi connectivity index (χ1) is 8.47. The maximum atomic E-state index is 12.0. The monoisotopic (exact) mass is 517 g/mol. The molecule has 0 radical (unpaired) electrons. The Hall–Kier alpha value is 0.170. The minimum absolute atomic E-state index is 0.233. The predicted molar refractivity (Wildman–Crippen MR) is 85.1 cm³/mol. The van der Waals surface area contributed by atoms with Crippen LogP contribution in [-0.2, 0) is 0 Å². The first-order valence-electron chi connectivity index (χ1n) is 4.41. The summed E-state index contributed by atoms with van der Waals surface area (Å²) >= 11 is 14.4. The molecule has 18 heavy (non-hydrogen) atoms. The second kappa shape index (κ2) is 6.08. The van der Waals surface area contributed by atoms with Crippen molar-refractivity contribution in [2.75, 3.05) is 5.32 Å². The van der Waals surface area contributed by atoms with Crippen molar-refractivity contribution in [3.63, 3.8) is 0 Å². The van der Waals surface area contributed by atoms with Gasteiger partial charge in [0.1, 0.15) is 9.21 Å². The number of hydrogen-bond donors (Lipinski definition) is 1. The summed E-state index contributed by atoms with van der Waals surface area (Å²) in [4.78, 5) is 20.7. The SMILES string of the molecule is O=C(Nc1ncc(Br)nc1Br)c1cc(Br)c(Br)s1. The summed E-state index contributed by atoms with van der Waals surface area (Å²) in [5.41, 5.74) is 0. The van der Waals surface area contributed by atoms with Gasteiger partial charge < -0.3 is 5.32 Å². The van der Waals surface area contributed by atoms with Gasteiger partial charge in [0.25, 0.3) is 5.91 Å². The van der Waals surface area contributed by atoms with E-state index in [1.165, 1.54) is 17.5 Å². The molecule has 0 aliphatic heterocycles. The molecule has 94 valence electrons. The van der Waals surface area contributed by atoms with Crippen molar-refractivity contribution in [1.82, 2.24) is 9.97 Å². The fourth-order valence-corrected chi connectivity index (χ4v) is 3.90. The van der Waals surface area contributed by atoms with Gasteiger partial charge in [0.15, 0.2) is 5.82 Å². The third-order valence-electron chi connectivity index (χ3n) is 1.80. The molecule has 2 heterocycles. The second-order valence-corrected chi connectivity index (χ2v) is 7.81. The predicted octanol–water partition coefficient (Wildman–Crippen LogP) is 4.84. The van der Waals surface area contributed by atoms with Crippen molar-refractivity contribution in [3.05, 3.63) is 34.6 Å². The van der Waals surface area contributed by atoms with E-state index < -0.39 is 0 Å². The molecule has 0 unspecified atom stereocenters. The van der Waals surface area contributed by atoms with E-state index in [1.807, 2.05) is 0 Å². The Morgan fingerprint density at radius 1 is 1.28 bits per heavy atom. The molecule has 0 saturated carbocycles. The standard InChI is InChI=1S/C9H3Br4N3OS/c10-3-1-4(18-7(3)13)9(17)16-8-6(12)15-5(11)2-14-8/h1-2H,(H,14,16,17). The summed E-state index contributed by atoms with van der Waals surface area (Å²) < 4.78 is 2.78. The average molecular weight is 521 g/mol. The molecular formula is C9H3Br4N3OS. The van der Waals surface area contributed by atoms with Gasteiger partial charge in [-0.1, -0.05) is 0 Å². The minimum atomic E-state index is -0.233. The van der Waals surface area contributed by atoms with Crippen LogP contribution in [0.4, 0.5) is 5.82 Å². The molecule has 0 aliphatic carbocycles. The Morgan fingerprint density at radius 3 is 2.56 bits per heavy atom. The first-order valence-corrected chi connectivity index (χ1v) is 8.40. The number of amides is 1. The Kier molecular flexibility index (Phi) is 4.92. The number of nitrogens with zero attached hydrogens (tertiary/aromatic N) is 2. The number of thiophene rings is 1. The lowest BCUT2D eigenvalue weighted by Gasteiger charge is -2.04. The van der Waals surface area contributed by atoms with Crippen LogP contribution in [0.2, 0.25) is 0 Å². The number of rotatable bonds is 2. The largest absolute Gasteiger partial charge is 0.304 e. The van der Waals surface area contributed by atoms with Gasteiger partial charge in [-0.15, -0.1) is 11.3 Å². The number of halogens is 4. The third kappa shape index (κ3) is 3.38. The summed E-state index contributed by atoms with van der Waals surface area (Å²) in [7, 11) is 0. The number of hydrogen-bond acceptors (Lipinski definition) is 4. The molecule has 4 nitrogen and oxygen atoms in total. The molecule has 9 heteroatoms. The van der Waals surface area contributed by atoms with Crippen LogP contribution in [0, 0.1) is 0 Å². The van der Waals surface area contributed by atoms with Gasteiger partial charge in [0.2, 0.25) is 0 Å². The van der Waals surface area contributed by atoms with Crippen LogP contribution in [0.15, 0.2) is 29.7 Å². The zero-order chi connectivity index (χ0) is 13.3. The Morgan fingerprint density at radius 2 is 2.00 bits per heavy atom. The van der Waals surface area contributed by atoms with E-state index in [2.05, 4.69) is 79.0 Å². The Balaban J connectivity index is 2.21. The topological polar surface area (TPSA) is 54.9 Å². The van der Waals surface area contributed by atoms with Crippen LogP contribution in [-0.4, -0.2) is 15.9 Å². The molecule has 2 aromatic rings. The molecule has 0 atom stereocenters. The summed E-state index contributed by atoms with van der Waals surface area (Å²) in [5.74, 6) is 0.146. The molecule has 1 N–H and O–H groups in total. The molecule has 0 aromatic carbocycles. The molecule has 2 rings (SSSR count). The van der Waals surface area contributed by atoms with Crippen molar-refractivity contribution < 1.29 is 4.79 Å². The fraction of sp³-hybridized carbons (Fsp3) is 0. The van der Waals surface area contributed by atoms with E-state index >= 15 is 0 Å². The first kappa shape index (κ1) is 14.6. The Bertz CT molecular complexity index is 596. The van der Waals surface area contributed by atoms with Gasteiger partial charge in [-0.25, -0.2) is 9.97 Å². The molecule has 1 amide bonds. The van der Waals surface area contributed by atoms with Gasteiger partial charge in [-0.2, -0.15) is 0 Å². The molecule has 0 fully saturated rings. The number of carbonyl (C=O) groups is 1. The molecular weight excluding hydrogens is 518 g/mol. The normalized spacial score (nSPS) is 10.4. The van der Waals surface area contributed by atoms with Crippen molar-refractivity contribution in [2.24, 2.45) is 0 Å². The van der Waals surface area contributed by atoms with E-state index in [0.717, 1.165) is 8.26 Å². The van der Waals surface area contributed by atoms with Gasteiger partial charge in [-0.3, -0.25) is 4.79 Å². The summed E-state index contributed by atoms with van der Waals surface area (Å²) in [6, 6.07) is 1.74. The van der Waals surface area contributed by atoms with Crippen LogP contribution in [0.25, 0.3) is 0 Å². The fourth-order valence-electron chi connectivity index (χ4n) is 1.06. The van der Waals surface area contributed by atoms with Crippen LogP contribution in [0.3, 0.4) is 0 Å². The molecule has 2 aromatic heterocycles. The maximum absolute atomic E-state index is 12.0.